The van der Waals surface area contributed by atoms with Crippen molar-refractivity contribution in [1.82, 2.24) is 5.32 Å². The summed E-state index contributed by atoms with van der Waals surface area (Å²) in [5.74, 6) is -0.981. The van der Waals surface area contributed by atoms with Gasteiger partial charge in [0, 0.05) is 11.1 Å². The number of rotatable bonds is 4. The van der Waals surface area contributed by atoms with Crippen LogP contribution in [0.25, 0.3) is 0 Å². The zero-order valence-electron chi connectivity index (χ0n) is 12.6. The van der Waals surface area contributed by atoms with E-state index in [2.05, 4.69) is 5.32 Å². The topological polar surface area (TPSA) is 21.3 Å². The van der Waals surface area contributed by atoms with Gasteiger partial charge < -0.3 is 10.1 Å². The Morgan fingerprint density at radius 1 is 1.00 bits per heavy atom. The molecule has 2 aromatic carbocycles. The van der Waals surface area contributed by atoms with E-state index < -0.39 is 17.7 Å². The van der Waals surface area contributed by atoms with E-state index in [-0.39, 0.29) is 5.56 Å². The fraction of sp³-hybridized carbons (Fsp3) is 0.294. The highest BCUT2D eigenvalue weighted by atomic mass is 19.2. The number of hydrogen-bond donors (Lipinski definition) is 1. The maximum absolute atomic E-state index is 14.2. The van der Waals surface area contributed by atoms with Crippen LogP contribution in [0.3, 0.4) is 0 Å². The summed E-state index contributed by atoms with van der Waals surface area (Å²) in [5.41, 5.74) is 2.37. The Bertz CT molecular complexity index is 655. The summed E-state index contributed by atoms with van der Waals surface area (Å²) in [4.78, 5) is 0. The van der Waals surface area contributed by atoms with Gasteiger partial charge in [-0.25, -0.2) is 8.78 Å². The first kappa shape index (κ1) is 15.4. The first-order valence-corrected chi connectivity index (χ1v) is 6.76. The van der Waals surface area contributed by atoms with Gasteiger partial charge in [-0.1, -0.05) is 24.3 Å². The summed E-state index contributed by atoms with van der Waals surface area (Å²) in [7, 11) is 3.28. The second-order valence-electron chi connectivity index (χ2n) is 5.07. The van der Waals surface area contributed by atoms with Crippen LogP contribution in [0.5, 0.6) is 5.75 Å². The molecule has 2 aromatic rings. The standard InChI is InChI=1S/C17H19F2NO/c1-10-5-7-12(14(9-10)21-4)17(20-3)13-8-6-11(2)15(18)16(13)19/h5-9,17,20H,1-4H3. The van der Waals surface area contributed by atoms with Gasteiger partial charge in [0.15, 0.2) is 11.6 Å². The Balaban J connectivity index is 2.57. The normalized spacial score (nSPS) is 12.3. The van der Waals surface area contributed by atoms with Crippen LogP contribution in [0, 0.1) is 25.5 Å². The summed E-state index contributed by atoms with van der Waals surface area (Å²) in [6.07, 6.45) is 0. The van der Waals surface area contributed by atoms with Crippen molar-refractivity contribution in [1.29, 1.82) is 0 Å². The number of hydrogen-bond acceptors (Lipinski definition) is 2. The molecule has 0 aromatic heterocycles. The van der Waals surface area contributed by atoms with Gasteiger partial charge in [0.25, 0.3) is 0 Å². The lowest BCUT2D eigenvalue weighted by Crippen LogP contribution is -2.20. The summed E-state index contributed by atoms with van der Waals surface area (Å²) >= 11 is 0. The zero-order chi connectivity index (χ0) is 15.6. The Morgan fingerprint density at radius 2 is 1.67 bits per heavy atom. The molecule has 0 aliphatic heterocycles. The van der Waals surface area contributed by atoms with Crippen molar-refractivity contribution in [3.05, 3.63) is 64.2 Å². The molecule has 21 heavy (non-hydrogen) atoms. The molecule has 0 fully saturated rings. The van der Waals surface area contributed by atoms with Gasteiger partial charge in [-0.2, -0.15) is 0 Å². The number of aryl methyl sites for hydroxylation is 2. The molecule has 2 rings (SSSR count). The Morgan fingerprint density at radius 3 is 2.29 bits per heavy atom. The number of halogens is 2. The third-order valence-electron chi connectivity index (χ3n) is 3.60. The lowest BCUT2D eigenvalue weighted by atomic mass is 9.95. The Kier molecular flexibility index (Phi) is 4.58. The molecule has 1 unspecified atom stereocenters. The van der Waals surface area contributed by atoms with Gasteiger partial charge in [-0.05, 0) is 38.1 Å². The van der Waals surface area contributed by atoms with Gasteiger partial charge in [0.05, 0.1) is 13.2 Å². The quantitative estimate of drug-likeness (QED) is 0.922. The summed E-state index contributed by atoms with van der Waals surface area (Å²) in [6.45, 7) is 3.50. The van der Waals surface area contributed by atoms with E-state index in [1.165, 1.54) is 0 Å². The molecule has 0 bridgehead atoms. The molecule has 1 atom stereocenters. The average molecular weight is 291 g/mol. The van der Waals surface area contributed by atoms with Crippen LogP contribution >= 0.6 is 0 Å². The highest BCUT2D eigenvalue weighted by Gasteiger charge is 2.22. The predicted octanol–water partition coefficient (Wildman–Crippen LogP) is 3.90. The monoisotopic (exact) mass is 291 g/mol. The second-order valence-corrected chi connectivity index (χ2v) is 5.07. The largest absolute Gasteiger partial charge is 0.496 e. The van der Waals surface area contributed by atoms with E-state index in [9.17, 15) is 8.78 Å². The third-order valence-corrected chi connectivity index (χ3v) is 3.60. The number of ether oxygens (including phenoxy) is 1. The average Bonchev–Trinajstić information content (AvgIpc) is 2.48. The summed E-state index contributed by atoms with van der Waals surface area (Å²) in [6, 6.07) is 8.38. The smallest absolute Gasteiger partial charge is 0.164 e. The van der Waals surface area contributed by atoms with Crippen LogP contribution in [-0.2, 0) is 0 Å². The minimum Gasteiger partial charge on any atom is -0.496 e. The minimum atomic E-state index is -0.822. The molecule has 112 valence electrons. The SMILES string of the molecule is CNC(c1ccc(C)cc1OC)c1ccc(C)c(F)c1F. The van der Waals surface area contributed by atoms with E-state index in [1.807, 2.05) is 25.1 Å². The molecular weight excluding hydrogens is 272 g/mol. The fourth-order valence-electron chi connectivity index (χ4n) is 2.42. The van der Waals surface area contributed by atoms with E-state index in [1.54, 1.807) is 33.2 Å². The van der Waals surface area contributed by atoms with Crippen molar-refractivity contribution >= 4 is 0 Å². The summed E-state index contributed by atoms with van der Waals surface area (Å²) < 4.78 is 33.4. The van der Waals surface area contributed by atoms with Crippen LogP contribution in [0.2, 0.25) is 0 Å². The molecule has 4 heteroatoms. The van der Waals surface area contributed by atoms with E-state index in [4.69, 9.17) is 4.74 Å². The lowest BCUT2D eigenvalue weighted by Gasteiger charge is -2.21. The van der Waals surface area contributed by atoms with E-state index in [0.29, 0.717) is 11.3 Å². The first-order chi connectivity index (χ1) is 9.99. The molecule has 0 aliphatic rings. The maximum atomic E-state index is 14.2. The molecule has 0 radical (unpaired) electrons. The van der Waals surface area contributed by atoms with Crippen molar-refractivity contribution in [2.45, 2.75) is 19.9 Å². The van der Waals surface area contributed by atoms with E-state index >= 15 is 0 Å². The molecular formula is C17H19F2NO. The number of benzene rings is 2. The van der Waals surface area contributed by atoms with Gasteiger partial charge >= 0.3 is 0 Å². The number of methoxy groups -OCH3 is 1. The van der Waals surface area contributed by atoms with Gasteiger partial charge in [0.1, 0.15) is 5.75 Å². The highest BCUT2D eigenvalue weighted by molar-refractivity contribution is 5.44. The van der Waals surface area contributed by atoms with Crippen LogP contribution in [0.4, 0.5) is 8.78 Å². The van der Waals surface area contributed by atoms with Crippen LogP contribution in [0.1, 0.15) is 28.3 Å². The molecule has 0 saturated heterocycles. The van der Waals surface area contributed by atoms with Crippen molar-refractivity contribution in [3.63, 3.8) is 0 Å². The molecule has 0 aliphatic carbocycles. The van der Waals surface area contributed by atoms with Crippen molar-refractivity contribution in [2.75, 3.05) is 14.2 Å². The second kappa shape index (κ2) is 6.22. The lowest BCUT2D eigenvalue weighted by molar-refractivity contribution is 0.403. The van der Waals surface area contributed by atoms with Crippen LogP contribution < -0.4 is 10.1 Å². The van der Waals surface area contributed by atoms with Crippen molar-refractivity contribution in [2.24, 2.45) is 0 Å². The molecule has 0 spiro atoms. The van der Waals surface area contributed by atoms with Crippen LogP contribution in [0.15, 0.2) is 30.3 Å². The molecule has 0 saturated carbocycles. The maximum Gasteiger partial charge on any atom is 0.164 e. The summed E-state index contributed by atoms with van der Waals surface area (Å²) in [5, 5.41) is 3.03. The highest BCUT2D eigenvalue weighted by Crippen LogP contribution is 2.33. The zero-order valence-corrected chi connectivity index (χ0v) is 12.6. The third kappa shape index (κ3) is 2.90. The van der Waals surface area contributed by atoms with Crippen molar-refractivity contribution in [3.8, 4) is 5.75 Å². The van der Waals surface area contributed by atoms with Crippen LogP contribution in [-0.4, -0.2) is 14.2 Å². The molecule has 2 nitrogen and oxygen atoms in total. The molecule has 1 N–H and O–H groups in total. The minimum absolute atomic E-state index is 0.266. The number of nitrogens with one attached hydrogen (secondary N) is 1. The van der Waals surface area contributed by atoms with Gasteiger partial charge in [0.2, 0.25) is 0 Å². The molecule has 0 heterocycles. The Hall–Kier alpha value is -1.94. The Labute approximate surface area is 123 Å². The van der Waals surface area contributed by atoms with E-state index in [0.717, 1.165) is 11.1 Å². The molecule has 0 amide bonds. The van der Waals surface area contributed by atoms with Gasteiger partial charge in [-0.15, -0.1) is 0 Å². The van der Waals surface area contributed by atoms with Crippen molar-refractivity contribution < 1.29 is 13.5 Å². The first-order valence-electron chi connectivity index (χ1n) is 6.76. The predicted molar refractivity (Wildman–Crippen MR) is 79.7 cm³/mol. The fourth-order valence-corrected chi connectivity index (χ4v) is 2.42. The van der Waals surface area contributed by atoms with Gasteiger partial charge in [-0.3, -0.25) is 0 Å².